The van der Waals surface area contributed by atoms with E-state index in [-0.39, 0.29) is 0 Å². The summed E-state index contributed by atoms with van der Waals surface area (Å²) in [6, 6.07) is 3.67. The van der Waals surface area contributed by atoms with Gasteiger partial charge in [0.15, 0.2) is 6.29 Å². The molecule has 3 nitrogen and oxygen atoms in total. The number of hydrogen-bond acceptors (Lipinski definition) is 2. The zero-order valence-electron chi connectivity index (χ0n) is 8.84. The number of aromatic amines is 1. The minimum Gasteiger partial charge on any atom is -0.363 e. The molecule has 1 unspecified atom stereocenters. The van der Waals surface area contributed by atoms with Gasteiger partial charge in [-0.2, -0.15) is 0 Å². The lowest BCUT2D eigenvalue weighted by molar-refractivity contribution is -0.0798. The van der Waals surface area contributed by atoms with Gasteiger partial charge in [0.1, 0.15) is 0 Å². The smallest absolute Gasteiger partial charge is 0.196 e. The third-order valence-electron chi connectivity index (χ3n) is 2.61. The number of aliphatic hydroxyl groups excluding tert-OH is 1. The van der Waals surface area contributed by atoms with E-state index in [1.165, 1.54) is 7.11 Å². The van der Waals surface area contributed by atoms with Crippen LogP contribution in [0.5, 0.6) is 0 Å². The van der Waals surface area contributed by atoms with Gasteiger partial charge >= 0.3 is 0 Å². The van der Waals surface area contributed by atoms with Gasteiger partial charge in [-0.15, -0.1) is 0 Å². The van der Waals surface area contributed by atoms with E-state index >= 15 is 0 Å². The van der Waals surface area contributed by atoms with Crippen molar-refractivity contribution in [2.75, 3.05) is 7.11 Å². The molecule has 0 aliphatic carbocycles. The summed E-state index contributed by atoms with van der Waals surface area (Å²) in [6.45, 7) is 1.91. The van der Waals surface area contributed by atoms with Crippen molar-refractivity contribution in [3.8, 4) is 0 Å². The van der Waals surface area contributed by atoms with Crippen LogP contribution in [0.4, 0.5) is 0 Å². The average molecular weight is 305 g/mol. The fraction of sp³-hybridized carbons (Fsp3) is 0.273. The van der Waals surface area contributed by atoms with Crippen molar-refractivity contribution in [1.82, 2.24) is 4.98 Å². The molecule has 0 spiro atoms. The Balaban J connectivity index is 2.74. The Bertz CT molecular complexity index is 538. The third-order valence-corrected chi connectivity index (χ3v) is 3.98. The molecule has 0 aliphatic heterocycles. The van der Waals surface area contributed by atoms with Crippen molar-refractivity contribution in [2.24, 2.45) is 0 Å². The zero-order chi connectivity index (χ0) is 11.9. The number of benzene rings is 1. The summed E-state index contributed by atoms with van der Waals surface area (Å²) in [7, 11) is 1.46. The van der Waals surface area contributed by atoms with E-state index in [9.17, 15) is 5.11 Å². The number of hydrogen-bond donors (Lipinski definition) is 2. The summed E-state index contributed by atoms with van der Waals surface area (Å²) in [5.74, 6) is 0. The first-order valence-electron chi connectivity index (χ1n) is 4.73. The van der Waals surface area contributed by atoms with Crippen molar-refractivity contribution >= 4 is 38.4 Å². The molecule has 1 heterocycles. The molecule has 2 aromatic rings. The number of rotatable bonds is 2. The highest BCUT2D eigenvalue weighted by atomic mass is 79.9. The predicted octanol–water partition coefficient (Wildman–Crippen LogP) is 3.53. The summed E-state index contributed by atoms with van der Waals surface area (Å²) in [6.07, 6.45) is -0.946. The van der Waals surface area contributed by atoms with Gasteiger partial charge in [-0.3, -0.25) is 0 Å². The minimum absolute atomic E-state index is 0.646. The number of aryl methyl sites for hydroxylation is 1. The Morgan fingerprint density at radius 1 is 1.50 bits per heavy atom. The van der Waals surface area contributed by atoms with E-state index in [0.717, 1.165) is 20.9 Å². The fourth-order valence-electron chi connectivity index (χ4n) is 1.76. The predicted molar refractivity (Wildman–Crippen MR) is 67.7 cm³/mol. The first-order valence-corrected chi connectivity index (χ1v) is 5.90. The van der Waals surface area contributed by atoms with Crippen LogP contribution in [0.2, 0.25) is 5.02 Å². The van der Waals surface area contributed by atoms with Crippen molar-refractivity contribution in [3.63, 3.8) is 0 Å². The van der Waals surface area contributed by atoms with E-state index in [4.69, 9.17) is 16.3 Å². The second-order valence-electron chi connectivity index (χ2n) is 3.54. The standard InChI is InChI=1S/C11H11BrClNO2/c1-5-8-7(4-3-6(13)9(8)12)14-10(5)11(15)16-2/h3-4,11,14-15H,1-2H3. The average Bonchev–Trinajstić information content (AvgIpc) is 2.61. The van der Waals surface area contributed by atoms with Crippen LogP contribution in [0.25, 0.3) is 10.9 Å². The lowest BCUT2D eigenvalue weighted by Gasteiger charge is -2.07. The van der Waals surface area contributed by atoms with Crippen LogP contribution in [-0.4, -0.2) is 17.2 Å². The molecular weight excluding hydrogens is 293 g/mol. The molecule has 0 amide bonds. The van der Waals surface area contributed by atoms with Crippen molar-refractivity contribution in [2.45, 2.75) is 13.2 Å². The maximum Gasteiger partial charge on any atom is 0.196 e. The van der Waals surface area contributed by atoms with Crippen molar-refractivity contribution < 1.29 is 9.84 Å². The van der Waals surface area contributed by atoms with Crippen molar-refractivity contribution in [1.29, 1.82) is 0 Å². The quantitative estimate of drug-likeness (QED) is 0.834. The molecule has 2 N–H and O–H groups in total. The summed E-state index contributed by atoms with van der Waals surface area (Å²) in [5, 5.41) is 11.3. The molecule has 5 heteroatoms. The van der Waals surface area contributed by atoms with Crippen LogP contribution in [0.15, 0.2) is 16.6 Å². The lowest BCUT2D eigenvalue weighted by Crippen LogP contribution is -2.01. The number of aliphatic hydroxyl groups is 1. The Hall–Kier alpha value is -0.550. The maximum atomic E-state index is 9.67. The third kappa shape index (κ3) is 1.76. The molecule has 1 aromatic carbocycles. The Morgan fingerprint density at radius 2 is 2.19 bits per heavy atom. The number of H-pyrrole nitrogens is 1. The van der Waals surface area contributed by atoms with Gasteiger partial charge in [0.2, 0.25) is 0 Å². The minimum atomic E-state index is -0.946. The first kappa shape index (κ1) is 11.9. The Morgan fingerprint density at radius 3 is 2.81 bits per heavy atom. The maximum absolute atomic E-state index is 9.67. The number of halogens is 2. The van der Waals surface area contributed by atoms with Crippen LogP contribution in [0.3, 0.4) is 0 Å². The number of nitrogens with one attached hydrogen (secondary N) is 1. The SMILES string of the molecule is COC(O)c1[nH]c2ccc(Cl)c(Br)c2c1C. The Labute approximate surface area is 106 Å². The van der Waals surface area contributed by atoms with E-state index in [1.54, 1.807) is 6.07 Å². The summed E-state index contributed by atoms with van der Waals surface area (Å²) < 4.78 is 5.72. The van der Waals surface area contributed by atoms with Gasteiger partial charge in [-0.05, 0) is 40.5 Å². The van der Waals surface area contributed by atoms with Crippen LogP contribution < -0.4 is 0 Å². The van der Waals surface area contributed by atoms with E-state index in [1.807, 2.05) is 13.0 Å². The van der Waals surface area contributed by atoms with E-state index < -0.39 is 6.29 Å². The second kappa shape index (κ2) is 4.37. The van der Waals surface area contributed by atoms with Crippen LogP contribution >= 0.6 is 27.5 Å². The molecule has 0 radical (unpaired) electrons. The monoisotopic (exact) mass is 303 g/mol. The molecule has 86 valence electrons. The van der Waals surface area contributed by atoms with E-state index in [0.29, 0.717) is 10.7 Å². The van der Waals surface area contributed by atoms with Crippen LogP contribution in [0.1, 0.15) is 17.5 Å². The van der Waals surface area contributed by atoms with Gasteiger partial charge in [0, 0.05) is 22.5 Å². The molecule has 0 bridgehead atoms. The molecule has 1 atom stereocenters. The van der Waals surface area contributed by atoms with Crippen LogP contribution in [0, 0.1) is 6.92 Å². The highest BCUT2D eigenvalue weighted by molar-refractivity contribution is 9.10. The molecule has 0 fully saturated rings. The van der Waals surface area contributed by atoms with Gasteiger partial charge in [-0.25, -0.2) is 0 Å². The van der Waals surface area contributed by atoms with Gasteiger partial charge in [0.25, 0.3) is 0 Å². The topological polar surface area (TPSA) is 45.2 Å². The molecule has 2 rings (SSSR count). The summed E-state index contributed by atoms with van der Waals surface area (Å²) in [5.41, 5.74) is 2.50. The second-order valence-corrected chi connectivity index (χ2v) is 4.74. The van der Waals surface area contributed by atoms with Gasteiger partial charge in [-0.1, -0.05) is 11.6 Å². The molecule has 0 saturated heterocycles. The first-order chi connectivity index (χ1) is 7.56. The highest BCUT2D eigenvalue weighted by Gasteiger charge is 2.17. The van der Waals surface area contributed by atoms with E-state index in [2.05, 4.69) is 20.9 Å². The van der Waals surface area contributed by atoms with Gasteiger partial charge in [0.05, 0.1) is 10.7 Å². The summed E-state index contributed by atoms with van der Waals surface area (Å²) >= 11 is 9.47. The lowest BCUT2D eigenvalue weighted by atomic mass is 10.1. The van der Waals surface area contributed by atoms with Crippen molar-refractivity contribution in [3.05, 3.63) is 32.9 Å². The number of methoxy groups -OCH3 is 1. The molecule has 0 saturated carbocycles. The molecule has 0 aliphatic rings. The molecular formula is C11H11BrClNO2. The highest BCUT2D eigenvalue weighted by Crippen LogP contribution is 2.36. The fourth-order valence-corrected chi connectivity index (χ4v) is 2.56. The normalized spacial score (nSPS) is 13.3. The largest absolute Gasteiger partial charge is 0.363 e. The van der Waals surface area contributed by atoms with Crippen LogP contribution in [-0.2, 0) is 4.74 Å². The number of ether oxygens (including phenoxy) is 1. The molecule has 16 heavy (non-hydrogen) atoms. The number of fused-ring (bicyclic) bond motifs is 1. The Kier molecular flexibility index (Phi) is 3.26. The van der Waals surface area contributed by atoms with Gasteiger partial charge < -0.3 is 14.8 Å². The molecule has 1 aromatic heterocycles. The summed E-state index contributed by atoms with van der Waals surface area (Å²) in [4.78, 5) is 3.12. The zero-order valence-corrected chi connectivity index (χ0v) is 11.2. The number of aromatic nitrogens is 1.